The lowest BCUT2D eigenvalue weighted by atomic mass is 10.0. The molecule has 0 bridgehead atoms. The minimum absolute atomic E-state index is 0.150. The van der Waals surface area contributed by atoms with Gasteiger partial charge in [0, 0.05) is 28.6 Å². The summed E-state index contributed by atoms with van der Waals surface area (Å²) in [5.74, 6) is -2.90. The molecular formula is C30H22F6N2O. The molecule has 0 saturated heterocycles. The van der Waals surface area contributed by atoms with Crippen molar-refractivity contribution in [3.63, 3.8) is 0 Å². The lowest BCUT2D eigenvalue weighted by Crippen LogP contribution is -2.09. The Hall–Kier alpha value is -4.27. The third-order valence-corrected chi connectivity index (χ3v) is 6.52. The van der Waals surface area contributed by atoms with Gasteiger partial charge in [0.1, 0.15) is 35.3 Å². The molecule has 0 aliphatic rings. The van der Waals surface area contributed by atoms with E-state index in [0.29, 0.717) is 30.1 Å². The van der Waals surface area contributed by atoms with E-state index in [1.165, 1.54) is 12.1 Å². The average Bonchev–Trinajstić information content (AvgIpc) is 3.24. The van der Waals surface area contributed by atoms with Gasteiger partial charge in [0.15, 0.2) is 0 Å². The van der Waals surface area contributed by atoms with Gasteiger partial charge in [0.2, 0.25) is 0 Å². The summed E-state index contributed by atoms with van der Waals surface area (Å²) >= 11 is 0. The lowest BCUT2D eigenvalue weighted by Gasteiger charge is -2.12. The minimum atomic E-state index is -4.70. The molecule has 0 amide bonds. The van der Waals surface area contributed by atoms with Crippen molar-refractivity contribution in [3.05, 3.63) is 118 Å². The summed E-state index contributed by atoms with van der Waals surface area (Å²) in [6.45, 7) is 3.74. The second kappa shape index (κ2) is 10.1. The molecule has 39 heavy (non-hydrogen) atoms. The summed E-state index contributed by atoms with van der Waals surface area (Å²) < 4.78 is 90.7. The summed E-state index contributed by atoms with van der Waals surface area (Å²) in [6, 6.07) is 17.3. The van der Waals surface area contributed by atoms with Gasteiger partial charge in [-0.05, 0) is 55.3 Å². The van der Waals surface area contributed by atoms with Gasteiger partial charge >= 0.3 is 6.18 Å². The number of alkyl halides is 3. The van der Waals surface area contributed by atoms with E-state index < -0.39 is 41.3 Å². The lowest BCUT2D eigenvalue weighted by molar-refractivity contribution is -0.136. The van der Waals surface area contributed by atoms with Crippen molar-refractivity contribution in [2.45, 2.75) is 33.2 Å². The molecule has 0 aliphatic heterocycles. The van der Waals surface area contributed by atoms with E-state index in [-0.39, 0.29) is 16.6 Å². The maximum atomic E-state index is 14.5. The number of aryl methyl sites for hydroxylation is 2. The number of fused-ring (bicyclic) bond motifs is 1. The normalized spacial score (nSPS) is 11.8. The Labute approximate surface area is 220 Å². The van der Waals surface area contributed by atoms with Crippen LogP contribution in [-0.2, 0) is 19.3 Å². The fourth-order valence-corrected chi connectivity index (χ4v) is 4.50. The van der Waals surface area contributed by atoms with Gasteiger partial charge in [-0.1, -0.05) is 35.9 Å². The van der Waals surface area contributed by atoms with Crippen molar-refractivity contribution in [1.29, 1.82) is 0 Å². The number of halogens is 6. The molecule has 0 unspecified atom stereocenters. The predicted octanol–water partition coefficient (Wildman–Crippen LogP) is 8.38. The number of benzene rings is 4. The highest BCUT2D eigenvalue weighted by atomic mass is 19.4. The van der Waals surface area contributed by atoms with Crippen molar-refractivity contribution in [3.8, 4) is 17.0 Å². The quantitative estimate of drug-likeness (QED) is 0.202. The maximum Gasteiger partial charge on any atom is 0.418 e. The Balaban J connectivity index is 1.56. The zero-order valence-electron chi connectivity index (χ0n) is 20.9. The van der Waals surface area contributed by atoms with Gasteiger partial charge in [-0.25, -0.2) is 13.2 Å². The van der Waals surface area contributed by atoms with Crippen LogP contribution in [0, 0.1) is 31.3 Å². The highest BCUT2D eigenvalue weighted by molar-refractivity contribution is 5.95. The van der Waals surface area contributed by atoms with Crippen molar-refractivity contribution in [2.24, 2.45) is 0 Å². The molecule has 4 aromatic carbocycles. The molecule has 200 valence electrons. The molecule has 1 heterocycles. The molecule has 0 N–H and O–H groups in total. The molecule has 0 atom stereocenters. The van der Waals surface area contributed by atoms with Crippen LogP contribution in [0.5, 0.6) is 5.75 Å². The molecule has 0 radical (unpaired) electrons. The largest absolute Gasteiger partial charge is 0.489 e. The Morgan fingerprint density at radius 2 is 1.54 bits per heavy atom. The molecular weight excluding hydrogens is 518 g/mol. The fraction of sp³-hybridized carbons (Fsp3) is 0.167. The number of rotatable bonds is 6. The summed E-state index contributed by atoms with van der Waals surface area (Å²) in [7, 11) is 0. The van der Waals surface area contributed by atoms with E-state index >= 15 is 0 Å². The number of nitrogens with zero attached hydrogens (tertiary/aromatic N) is 2. The van der Waals surface area contributed by atoms with Crippen LogP contribution >= 0.6 is 0 Å². The molecule has 5 aromatic rings. The highest BCUT2D eigenvalue weighted by Crippen LogP contribution is 2.38. The predicted molar refractivity (Wildman–Crippen MR) is 136 cm³/mol. The van der Waals surface area contributed by atoms with Gasteiger partial charge in [0.05, 0.1) is 17.8 Å². The van der Waals surface area contributed by atoms with Crippen LogP contribution in [-0.4, -0.2) is 9.78 Å². The zero-order valence-corrected chi connectivity index (χ0v) is 20.9. The first-order valence-electron chi connectivity index (χ1n) is 12.0. The summed E-state index contributed by atoms with van der Waals surface area (Å²) in [5, 5.41) is 4.26. The molecule has 0 spiro atoms. The summed E-state index contributed by atoms with van der Waals surface area (Å²) in [5.41, 5.74) is 2.01. The van der Waals surface area contributed by atoms with Crippen LogP contribution in [0.3, 0.4) is 0 Å². The second-order valence-corrected chi connectivity index (χ2v) is 9.30. The van der Waals surface area contributed by atoms with E-state index in [4.69, 9.17) is 4.74 Å². The molecule has 3 nitrogen and oxygen atoms in total. The first-order valence-corrected chi connectivity index (χ1v) is 12.0. The monoisotopic (exact) mass is 540 g/mol. The fourth-order valence-electron chi connectivity index (χ4n) is 4.50. The second-order valence-electron chi connectivity index (χ2n) is 9.30. The van der Waals surface area contributed by atoms with E-state index in [2.05, 4.69) is 5.10 Å². The van der Waals surface area contributed by atoms with E-state index in [1.54, 1.807) is 24.3 Å². The van der Waals surface area contributed by atoms with Crippen LogP contribution in [0.4, 0.5) is 26.3 Å². The Kier molecular flexibility index (Phi) is 6.84. The number of hydrogen-bond acceptors (Lipinski definition) is 2. The Morgan fingerprint density at radius 1 is 0.846 bits per heavy atom. The third kappa shape index (κ3) is 5.34. The van der Waals surface area contributed by atoms with Crippen LogP contribution < -0.4 is 4.74 Å². The first-order chi connectivity index (χ1) is 18.5. The Morgan fingerprint density at radius 3 is 2.21 bits per heavy atom. The third-order valence-electron chi connectivity index (χ3n) is 6.52. The summed E-state index contributed by atoms with van der Waals surface area (Å²) in [4.78, 5) is 0. The molecule has 5 rings (SSSR count). The average molecular weight is 541 g/mol. The number of aromatic nitrogens is 2. The van der Waals surface area contributed by atoms with Gasteiger partial charge in [-0.15, -0.1) is 0 Å². The van der Waals surface area contributed by atoms with E-state index in [9.17, 15) is 26.3 Å². The molecule has 9 heteroatoms. The van der Waals surface area contributed by atoms with Crippen molar-refractivity contribution >= 4 is 10.9 Å². The van der Waals surface area contributed by atoms with Gasteiger partial charge in [0.25, 0.3) is 0 Å². The van der Waals surface area contributed by atoms with Gasteiger partial charge in [-0.3, -0.25) is 4.68 Å². The highest BCUT2D eigenvalue weighted by Gasteiger charge is 2.34. The summed E-state index contributed by atoms with van der Waals surface area (Å²) in [6.07, 6.45) is -4.70. The van der Waals surface area contributed by atoms with Crippen LogP contribution in [0.1, 0.15) is 27.8 Å². The number of hydrogen-bond donors (Lipinski definition) is 0. The maximum absolute atomic E-state index is 14.5. The topological polar surface area (TPSA) is 27.1 Å². The Bertz CT molecular complexity index is 1650. The van der Waals surface area contributed by atoms with Gasteiger partial charge < -0.3 is 4.74 Å². The van der Waals surface area contributed by atoms with E-state index in [0.717, 1.165) is 27.4 Å². The van der Waals surface area contributed by atoms with Crippen LogP contribution in [0.15, 0.2) is 72.8 Å². The van der Waals surface area contributed by atoms with Crippen molar-refractivity contribution in [2.75, 3.05) is 0 Å². The molecule has 0 fully saturated rings. The van der Waals surface area contributed by atoms with Crippen molar-refractivity contribution < 1.29 is 31.1 Å². The van der Waals surface area contributed by atoms with Gasteiger partial charge in [-0.2, -0.15) is 18.3 Å². The SMILES string of the molecule is Cc1ccc(C)c(COc2ccc(-c3c4cccc(C(F)(F)F)c4nn3Cc3c(F)cc(F)cc3F)cc2)c1. The van der Waals surface area contributed by atoms with Crippen molar-refractivity contribution in [1.82, 2.24) is 9.78 Å². The number of ether oxygens (including phenoxy) is 1. The molecule has 1 aromatic heterocycles. The van der Waals surface area contributed by atoms with E-state index in [1.807, 2.05) is 32.0 Å². The molecule has 0 aliphatic carbocycles. The standard InChI is InChI=1S/C30H22F6N2O/c1-17-6-7-18(2)20(12-17)16-39-22-10-8-19(9-11-22)29-23-4-3-5-25(30(34,35)36)28(23)37-38(29)15-24-26(32)13-21(31)14-27(24)33/h3-14H,15-16H2,1-2H3. The smallest absolute Gasteiger partial charge is 0.418 e. The first kappa shape index (κ1) is 26.3. The molecule has 0 saturated carbocycles. The zero-order chi connectivity index (χ0) is 27.9. The minimum Gasteiger partial charge on any atom is -0.489 e. The van der Waals surface area contributed by atoms with Crippen LogP contribution in [0.25, 0.3) is 22.2 Å². The van der Waals surface area contributed by atoms with Crippen LogP contribution in [0.2, 0.25) is 0 Å².